The molecule has 1 heterocycles. The summed E-state index contributed by atoms with van der Waals surface area (Å²) in [5.74, 6) is 0. The van der Waals surface area contributed by atoms with Crippen molar-refractivity contribution in [3.05, 3.63) is 92.4 Å². The van der Waals surface area contributed by atoms with Crippen molar-refractivity contribution in [2.45, 2.75) is 6.92 Å². The Morgan fingerprint density at radius 3 is 2.56 bits per heavy atom. The Morgan fingerprint density at radius 1 is 1.11 bits per heavy atom. The molecule has 0 aliphatic carbocycles. The van der Waals surface area contributed by atoms with Crippen LogP contribution in [0.4, 0.5) is 11.4 Å². The zero-order valence-corrected chi connectivity index (χ0v) is 14.9. The van der Waals surface area contributed by atoms with Crippen LogP contribution in [0.5, 0.6) is 0 Å². The van der Waals surface area contributed by atoms with Crippen LogP contribution in [0, 0.1) is 17.0 Å². The molecule has 0 saturated carbocycles. The third-order valence-electron chi connectivity index (χ3n) is 4.18. The molecule has 0 saturated heterocycles. The van der Waals surface area contributed by atoms with Crippen molar-refractivity contribution in [1.29, 1.82) is 0 Å². The highest BCUT2D eigenvalue weighted by Crippen LogP contribution is 2.17. The molecule has 0 bridgehead atoms. The Morgan fingerprint density at radius 2 is 1.85 bits per heavy atom. The van der Waals surface area contributed by atoms with E-state index < -0.39 is 4.92 Å². The highest BCUT2D eigenvalue weighted by atomic mass is 16.6. The quantitative estimate of drug-likeness (QED) is 0.393. The lowest BCUT2D eigenvalue weighted by Crippen LogP contribution is -2.19. The number of hydrogen-bond acceptors (Lipinski definition) is 4. The van der Waals surface area contributed by atoms with E-state index in [2.05, 4.69) is 4.99 Å². The molecule has 0 spiro atoms. The zero-order chi connectivity index (χ0) is 19.4. The van der Waals surface area contributed by atoms with Gasteiger partial charge in [-0.3, -0.25) is 19.6 Å². The number of allylic oxidation sites excluding steroid dienone is 1. The maximum absolute atomic E-state index is 12.7. The van der Waals surface area contributed by atoms with Gasteiger partial charge in [0.05, 0.1) is 16.3 Å². The van der Waals surface area contributed by atoms with Crippen LogP contribution in [0.3, 0.4) is 0 Å². The van der Waals surface area contributed by atoms with E-state index >= 15 is 0 Å². The molecule has 0 aliphatic heterocycles. The Bertz CT molecular complexity index is 1090. The molecule has 136 valence electrons. The molecule has 2 aromatic carbocycles. The van der Waals surface area contributed by atoms with E-state index in [9.17, 15) is 14.9 Å². The SMILES string of the molecule is Cc1c(N=CC=Cc2cccc([N+](=O)[O-])c2)c(=O)n(-c2ccccc2)n1C. The average molecular weight is 362 g/mol. The zero-order valence-electron chi connectivity index (χ0n) is 14.9. The molecule has 7 heteroatoms. The van der Waals surface area contributed by atoms with Gasteiger partial charge < -0.3 is 0 Å². The van der Waals surface area contributed by atoms with Gasteiger partial charge in [-0.25, -0.2) is 9.67 Å². The molecule has 3 rings (SSSR count). The smallest absolute Gasteiger partial charge is 0.283 e. The molecular weight excluding hydrogens is 344 g/mol. The minimum absolute atomic E-state index is 0.0266. The van der Waals surface area contributed by atoms with E-state index in [0.717, 1.165) is 11.4 Å². The van der Waals surface area contributed by atoms with E-state index in [1.54, 1.807) is 33.6 Å². The van der Waals surface area contributed by atoms with Gasteiger partial charge in [0, 0.05) is 25.4 Å². The summed E-state index contributed by atoms with van der Waals surface area (Å²) >= 11 is 0. The fourth-order valence-corrected chi connectivity index (χ4v) is 2.72. The summed E-state index contributed by atoms with van der Waals surface area (Å²) in [6, 6.07) is 15.6. The maximum Gasteiger partial charge on any atom is 0.297 e. The Balaban J connectivity index is 1.87. The lowest BCUT2D eigenvalue weighted by Gasteiger charge is -2.07. The average Bonchev–Trinajstić information content (AvgIpc) is 2.89. The summed E-state index contributed by atoms with van der Waals surface area (Å²) in [7, 11) is 1.81. The van der Waals surface area contributed by atoms with Crippen LogP contribution in [0.25, 0.3) is 11.8 Å². The third-order valence-corrected chi connectivity index (χ3v) is 4.18. The minimum atomic E-state index is -0.440. The van der Waals surface area contributed by atoms with Crippen LogP contribution in [0.1, 0.15) is 11.3 Å². The summed E-state index contributed by atoms with van der Waals surface area (Å²) in [6.45, 7) is 1.83. The van der Waals surface area contributed by atoms with E-state index in [0.29, 0.717) is 11.3 Å². The highest BCUT2D eigenvalue weighted by molar-refractivity contribution is 5.80. The van der Waals surface area contributed by atoms with Crippen LogP contribution in [0.15, 0.2) is 70.5 Å². The van der Waals surface area contributed by atoms with Crippen LogP contribution in [-0.2, 0) is 7.05 Å². The number of nitrogens with zero attached hydrogens (tertiary/aromatic N) is 4. The topological polar surface area (TPSA) is 82.4 Å². The van der Waals surface area contributed by atoms with Gasteiger partial charge in [0.25, 0.3) is 11.2 Å². The lowest BCUT2D eigenvalue weighted by molar-refractivity contribution is -0.384. The molecular formula is C20H18N4O3. The number of aromatic nitrogens is 2. The van der Waals surface area contributed by atoms with Gasteiger partial charge in [0.1, 0.15) is 0 Å². The summed E-state index contributed by atoms with van der Waals surface area (Å²) < 4.78 is 3.32. The first-order valence-electron chi connectivity index (χ1n) is 8.28. The van der Waals surface area contributed by atoms with E-state index in [1.165, 1.54) is 18.3 Å². The molecule has 0 radical (unpaired) electrons. The summed E-state index contributed by atoms with van der Waals surface area (Å²) in [4.78, 5) is 27.4. The molecule has 0 atom stereocenters. The van der Waals surface area contributed by atoms with Crippen LogP contribution >= 0.6 is 0 Å². The van der Waals surface area contributed by atoms with E-state index in [4.69, 9.17) is 0 Å². The number of nitro benzene ring substituents is 1. The second kappa shape index (κ2) is 7.65. The number of benzene rings is 2. The van der Waals surface area contributed by atoms with Crippen molar-refractivity contribution in [1.82, 2.24) is 9.36 Å². The van der Waals surface area contributed by atoms with Crippen molar-refractivity contribution in [2.24, 2.45) is 12.0 Å². The Labute approximate surface area is 155 Å². The van der Waals surface area contributed by atoms with E-state index in [1.807, 2.05) is 44.3 Å². The normalized spacial score (nSPS) is 11.5. The fraction of sp³-hybridized carbons (Fsp3) is 0.100. The molecule has 1 aromatic heterocycles. The lowest BCUT2D eigenvalue weighted by atomic mass is 10.2. The standard InChI is InChI=1S/C20H18N4O3/c1-15-19(20(25)23(22(15)2)17-10-4-3-5-11-17)21-13-7-9-16-8-6-12-18(14-16)24(26)27/h3-14H,1-2H3. The second-order valence-corrected chi connectivity index (χ2v) is 5.90. The Hall–Kier alpha value is -3.74. The van der Waals surface area contributed by atoms with Crippen molar-refractivity contribution in [3.63, 3.8) is 0 Å². The summed E-state index contributed by atoms with van der Waals surface area (Å²) in [6.07, 6.45) is 4.86. The van der Waals surface area contributed by atoms with Gasteiger partial charge in [-0.15, -0.1) is 0 Å². The number of nitro groups is 1. The molecule has 7 nitrogen and oxygen atoms in total. The van der Waals surface area contributed by atoms with Crippen LogP contribution in [-0.4, -0.2) is 20.5 Å². The summed E-state index contributed by atoms with van der Waals surface area (Å²) in [5.41, 5.74) is 2.36. The molecule has 0 fully saturated rings. The minimum Gasteiger partial charge on any atom is -0.283 e. The van der Waals surface area contributed by atoms with Crippen molar-refractivity contribution < 1.29 is 4.92 Å². The molecule has 27 heavy (non-hydrogen) atoms. The largest absolute Gasteiger partial charge is 0.297 e. The van der Waals surface area contributed by atoms with Crippen LogP contribution in [0.2, 0.25) is 0 Å². The van der Waals surface area contributed by atoms with Gasteiger partial charge in [0.15, 0.2) is 5.69 Å². The molecule has 0 N–H and O–H groups in total. The molecule has 3 aromatic rings. The predicted molar refractivity (Wildman–Crippen MR) is 106 cm³/mol. The first kappa shape index (κ1) is 18.1. The molecule has 0 aliphatic rings. The van der Waals surface area contributed by atoms with Crippen LogP contribution < -0.4 is 5.56 Å². The highest BCUT2D eigenvalue weighted by Gasteiger charge is 2.14. The van der Waals surface area contributed by atoms with Gasteiger partial charge >= 0.3 is 0 Å². The predicted octanol–water partition coefficient (Wildman–Crippen LogP) is 3.81. The van der Waals surface area contributed by atoms with Gasteiger partial charge in [-0.1, -0.05) is 36.4 Å². The van der Waals surface area contributed by atoms with Crippen molar-refractivity contribution >= 4 is 23.7 Å². The van der Waals surface area contributed by atoms with Gasteiger partial charge in [-0.2, -0.15) is 0 Å². The van der Waals surface area contributed by atoms with E-state index in [-0.39, 0.29) is 11.2 Å². The Kier molecular flexibility index (Phi) is 5.12. The maximum atomic E-state index is 12.7. The number of non-ortho nitro benzene ring substituents is 1. The summed E-state index contributed by atoms with van der Waals surface area (Å²) in [5, 5.41) is 10.8. The second-order valence-electron chi connectivity index (χ2n) is 5.90. The first-order chi connectivity index (χ1) is 13.0. The van der Waals surface area contributed by atoms with Crippen molar-refractivity contribution in [3.8, 4) is 5.69 Å². The fourth-order valence-electron chi connectivity index (χ4n) is 2.72. The van der Waals surface area contributed by atoms with Gasteiger partial charge in [0.2, 0.25) is 0 Å². The third kappa shape index (κ3) is 3.77. The monoisotopic (exact) mass is 362 g/mol. The first-order valence-corrected chi connectivity index (χ1v) is 8.28. The number of para-hydroxylation sites is 1. The molecule has 0 unspecified atom stereocenters. The van der Waals surface area contributed by atoms with Crippen molar-refractivity contribution in [2.75, 3.05) is 0 Å². The number of aliphatic imine (C=N–C) groups is 1. The number of hydrogen-bond donors (Lipinski definition) is 0. The number of rotatable bonds is 5. The molecule has 0 amide bonds. The van der Waals surface area contributed by atoms with Gasteiger partial charge in [-0.05, 0) is 30.7 Å².